The van der Waals surface area contributed by atoms with Crippen LogP contribution in [0.5, 0.6) is 0 Å². The van der Waals surface area contributed by atoms with Gasteiger partial charge in [-0.1, -0.05) is 18.7 Å². The zero-order valence-electron chi connectivity index (χ0n) is 9.34. The minimum Gasteiger partial charge on any atom is -0.293 e. The highest BCUT2D eigenvalue weighted by atomic mass is 19.1. The SMILES string of the molecule is C=C(C)c1ccc(CN2CC(F)C2)cc1F. The van der Waals surface area contributed by atoms with E-state index >= 15 is 0 Å². The number of alkyl halides is 1. The fourth-order valence-corrected chi connectivity index (χ4v) is 1.90. The number of nitrogens with zero attached hydrogens (tertiary/aromatic N) is 1. The molecule has 0 radical (unpaired) electrons. The molecule has 1 fully saturated rings. The average Bonchev–Trinajstić information content (AvgIpc) is 2.15. The van der Waals surface area contributed by atoms with Crippen LogP contribution in [0.25, 0.3) is 5.57 Å². The number of allylic oxidation sites excluding steroid dienone is 1. The molecule has 0 unspecified atom stereocenters. The molecule has 1 aliphatic heterocycles. The van der Waals surface area contributed by atoms with Crippen molar-refractivity contribution < 1.29 is 8.78 Å². The Bertz CT molecular complexity index is 408. The van der Waals surface area contributed by atoms with Crippen LogP contribution in [0.15, 0.2) is 24.8 Å². The molecule has 0 spiro atoms. The maximum atomic E-state index is 13.6. The number of likely N-dealkylation sites (tertiary alicyclic amines) is 1. The van der Waals surface area contributed by atoms with Crippen LogP contribution in [-0.2, 0) is 6.54 Å². The third-order valence-corrected chi connectivity index (χ3v) is 2.81. The third kappa shape index (κ3) is 2.30. The lowest BCUT2D eigenvalue weighted by molar-refractivity contribution is 0.0590. The summed E-state index contributed by atoms with van der Waals surface area (Å²) in [6, 6.07) is 5.12. The van der Waals surface area contributed by atoms with Gasteiger partial charge >= 0.3 is 0 Å². The van der Waals surface area contributed by atoms with Crippen molar-refractivity contribution in [1.82, 2.24) is 4.90 Å². The van der Waals surface area contributed by atoms with E-state index in [9.17, 15) is 8.78 Å². The largest absolute Gasteiger partial charge is 0.293 e. The zero-order valence-corrected chi connectivity index (χ0v) is 9.34. The predicted molar refractivity (Wildman–Crippen MR) is 61.3 cm³/mol. The van der Waals surface area contributed by atoms with Crippen molar-refractivity contribution >= 4 is 5.57 Å². The first-order valence-electron chi connectivity index (χ1n) is 5.37. The van der Waals surface area contributed by atoms with Gasteiger partial charge in [0.05, 0.1) is 0 Å². The Balaban J connectivity index is 2.06. The van der Waals surface area contributed by atoms with Crippen LogP contribution < -0.4 is 0 Å². The molecule has 16 heavy (non-hydrogen) atoms. The summed E-state index contributed by atoms with van der Waals surface area (Å²) in [5.74, 6) is -0.248. The summed E-state index contributed by atoms with van der Waals surface area (Å²) in [6.45, 7) is 7.04. The van der Waals surface area contributed by atoms with Crippen LogP contribution in [0, 0.1) is 5.82 Å². The molecule has 86 valence electrons. The maximum Gasteiger partial charge on any atom is 0.130 e. The van der Waals surface area contributed by atoms with E-state index in [1.165, 1.54) is 6.07 Å². The molecule has 1 heterocycles. The van der Waals surface area contributed by atoms with Gasteiger partial charge in [-0.3, -0.25) is 4.90 Å². The van der Waals surface area contributed by atoms with Gasteiger partial charge in [0, 0.05) is 25.2 Å². The molecule has 0 amide bonds. The normalized spacial score (nSPS) is 17.2. The molecule has 0 aliphatic carbocycles. The second-order valence-corrected chi connectivity index (χ2v) is 4.39. The van der Waals surface area contributed by atoms with Gasteiger partial charge in [-0.05, 0) is 24.1 Å². The van der Waals surface area contributed by atoms with E-state index in [0.717, 1.165) is 11.1 Å². The fraction of sp³-hybridized carbons (Fsp3) is 0.385. The maximum absolute atomic E-state index is 13.6. The Labute approximate surface area is 94.4 Å². The average molecular weight is 223 g/mol. The lowest BCUT2D eigenvalue weighted by Crippen LogP contribution is -2.47. The lowest BCUT2D eigenvalue weighted by atomic mass is 10.0. The summed E-state index contributed by atoms with van der Waals surface area (Å²) < 4.78 is 26.2. The van der Waals surface area contributed by atoms with Gasteiger partial charge in [0.2, 0.25) is 0 Å². The standard InChI is InChI=1S/C13H15F2N/c1-9(2)12-4-3-10(5-13(12)15)6-16-7-11(14)8-16/h3-5,11H,1,6-8H2,2H3. The Hall–Kier alpha value is -1.22. The first-order chi connectivity index (χ1) is 7.56. The fourth-order valence-electron chi connectivity index (χ4n) is 1.90. The molecule has 0 atom stereocenters. The van der Waals surface area contributed by atoms with Gasteiger partial charge in [-0.15, -0.1) is 0 Å². The minimum absolute atomic E-state index is 0.248. The highest BCUT2D eigenvalue weighted by Gasteiger charge is 2.25. The van der Waals surface area contributed by atoms with E-state index in [1.807, 2.05) is 11.0 Å². The molecule has 1 aromatic rings. The van der Waals surface area contributed by atoms with Crippen molar-refractivity contribution in [2.75, 3.05) is 13.1 Å². The molecule has 3 heteroatoms. The number of hydrogen-bond acceptors (Lipinski definition) is 1. The number of rotatable bonds is 3. The van der Waals surface area contributed by atoms with Crippen LogP contribution in [0.3, 0.4) is 0 Å². The highest BCUT2D eigenvalue weighted by Crippen LogP contribution is 2.20. The monoisotopic (exact) mass is 223 g/mol. The first-order valence-corrected chi connectivity index (χ1v) is 5.37. The van der Waals surface area contributed by atoms with Gasteiger partial charge in [0.1, 0.15) is 12.0 Å². The predicted octanol–water partition coefficient (Wildman–Crippen LogP) is 3.01. The topological polar surface area (TPSA) is 3.24 Å². The molecular weight excluding hydrogens is 208 g/mol. The summed E-state index contributed by atoms with van der Waals surface area (Å²) in [5, 5.41) is 0. The first kappa shape index (κ1) is 11.3. The molecule has 0 saturated carbocycles. The van der Waals surface area contributed by atoms with Gasteiger partial charge in [0.15, 0.2) is 0 Å². The van der Waals surface area contributed by atoms with E-state index in [2.05, 4.69) is 6.58 Å². The highest BCUT2D eigenvalue weighted by molar-refractivity contribution is 5.62. The summed E-state index contributed by atoms with van der Waals surface area (Å²) >= 11 is 0. The quantitative estimate of drug-likeness (QED) is 0.761. The van der Waals surface area contributed by atoms with E-state index in [-0.39, 0.29) is 5.82 Å². The van der Waals surface area contributed by atoms with E-state index in [1.54, 1.807) is 13.0 Å². The van der Waals surface area contributed by atoms with E-state index < -0.39 is 6.17 Å². The number of hydrogen-bond donors (Lipinski definition) is 0. The van der Waals surface area contributed by atoms with E-state index in [0.29, 0.717) is 25.2 Å². The van der Waals surface area contributed by atoms with Crippen LogP contribution in [0.4, 0.5) is 8.78 Å². The van der Waals surface area contributed by atoms with Gasteiger partial charge in [-0.25, -0.2) is 8.78 Å². The van der Waals surface area contributed by atoms with Gasteiger partial charge < -0.3 is 0 Å². The number of halogens is 2. The van der Waals surface area contributed by atoms with Crippen LogP contribution in [0.2, 0.25) is 0 Å². The van der Waals surface area contributed by atoms with Gasteiger partial charge in [0.25, 0.3) is 0 Å². The minimum atomic E-state index is -0.709. The second-order valence-electron chi connectivity index (χ2n) is 4.39. The Morgan fingerprint density at radius 3 is 2.69 bits per heavy atom. The molecule has 0 N–H and O–H groups in total. The van der Waals surface area contributed by atoms with Crippen LogP contribution in [0.1, 0.15) is 18.1 Å². The molecule has 0 bridgehead atoms. The van der Waals surface area contributed by atoms with Crippen molar-refractivity contribution in [2.45, 2.75) is 19.6 Å². The lowest BCUT2D eigenvalue weighted by Gasteiger charge is -2.34. The smallest absolute Gasteiger partial charge is 0.130 e. The summed E-state index contributed by atoms with van der Waals surface area (Å²) in [7, 11) is 0. The summed E-state index contributed by atoms with van der Waals surface area (Å²) in [6.07, 6.45) is -0.709. The molecule has 0 aromatic heterocycles. The second kappa shape index (κ2) is 4.34. The Kier molecular flexibility index (Phi) is 3.06. The van der Waals surface area contributed by atoms with Crippen molar-refractivity contribution in [3.05, 3.63) is 41.7 Å². The van der Waals surface area contributed by atoms with Crippen molar-refractivity contribution in [2.24, 2.45) is 0 Å². The zero-order chi connectivity index (χ0) is 11.7. The van der Waals surface area contributed by atoms with Crippen molar-refractivity contribution in [3.63, 3.8) is 0 Å². The Morgan fingerprint density at radius 1 is 1.50 bits per heavy atom. The van der Waals surface area contributed by atoms with Gasteiger partial charge in [-0.2, -0.15) is 0 Å². The molecule has 1 nitrogen and oxygen atoms in total. The molecular formula is C13H15F2N. The van der Waals surface area contributed by atoms with Crippen molar-refractivity contribution in [1.29, 1.82) is 0 Å². The van der Waals surface area contributed by atoms with Crippen LogP contribution in [-0.4, -0.2) is 24.2 Å². The molecule has 2 rings (SSSR count). The van der Waals surface area contributed by atoms with E-state index in [4.69, 9.17) is 0 Å². The van der Waals surface area contributed by atoms with Crippen molar-refractivity contribution in [3.8, 4) is 0 Å². The molecule has 1 saturated heterocycles. The number of benzene rings is 1. The summed E-state index contributed by atoms with van der Waals surface area (Å²) in [4.78, 5) is 1.96. The molecule has 1 aromatic carbocycles. The Morgan fingerprint density at radius 2 is 2.19 bits per heavy atom. The third-order valence-electron chi connectivity index (χ3n) is 2.81. The summed E-state index contributed by atoms with van der Waals surface area (Å²) in [5.41, 5.74) is 2.15. The molecule has 1 aliphatic rings. The van der Waals surface area contributed by atoms with Crippen LogP contribution >= 0.6 is 0 Å².